The van der Waals surface area contributed by atoms with E-state index in [1.165, 1.54) is 0 Å². The van der Waals surface area contributed by atoms with Gasteiger partial charge in [0.05, 0.1) is 17.6 Å². The van der Waals surface area contributed by atoms with Crippen LogP contribution in [0, 0.1) is 0 Å². The lowest BCUT2D eigenvalue weighted by Crippen LogP contribution is -2.08. The molecule has 0 radical (unpaired) electrons. The molecule has 0 atom stereocenters. The van der Waals surface area contributed by atoms with Crippen molar-refractivity contribution in [1.29, 1.82) is 0 Å². The predicted octanol–water partition coefficient (Wildman–Crippen LogP) is 4.94. The second-order valence-corrected chi connectivity index (χ2v) is 5.64. The first-order valence-corrected chi connectivity index (χ1v) is 8.05. The van der Waals surface area contributed by atoms with Crippen molar-refractivity contribution in [2.24, 2.45) is 0 Å². The van der Waals surface area contributed by atoms with Gasteiger partial charge in [-0.15, -0.1) is 0 Å². The van der Waals surface area contributed by atoms with E-state index in [2.05, 4.69) is 24.3 Å². The Bertz CT molecular complexity index is 1030. The second kappa shape index (κ2) is 5.85. The van der Waals surface area contributed by atoms with E-state index in [-0.39, 0.29) is 5.97 Å². The summed E-state index contributed by atoms with van der Waals surface area (Å²) < 4.78 is 7.22. The zero-order valence-electron chi connectivity index (χ0n) is 13.4. The Hall–Kier alpha value is -3.07. The van der Waals surface area contributed by atoms with Gasteiger partial charge in [0.1, 0.15) is 5.69 Å². The van der Waals surface area contributed by atoms with Crippen molar-refractivity contribution in [2.45, 2.75) is 6.92 Å². The van der Waals surface area contributed by atoms with Gasteiger partial charge in [-0.3, -0.25) is 0 Å². The summed E-state index contributed by atoms with van der Waals surface area (Å²) in [5.74, 6) is -0.298. The molecule has 0 aliphatic carbocycles. The van der Waals surface area contributed by atoms with E-state index in [9.17, 15) is 4.79 Å². The Balaban J connectivity index is 2.09. The van der Waals surface area contributed by atoms with Crippen molar-refractivity contribution in [3.8, 4) is 11.1 Å². The quantitative estimate of drug-likeness (QED) is 0.502. The van der Waals surface area contributed by atoms with Crippen LogP contribution >= 0.6 is 0 Å². The lowest BCUT2D eigenvalue weighted by Gasteiger charge is -2.12. The Labute approximate surface area is 140 Å². The van der Waals surface area contributed by atoms with E-state index < -0.39 is 0 Å². The van der Waals surface area contributed by atoms with Gasteiger partial charge < -0.3 is 9.14 Å². The molecule has 118 valence electrons. The lowest BCUT2D eigenvalue weighted by molar-refractivity contribution is 0.0519. The van der Waals surface area contributed by atoms with E-state index in [0.29, 0.717) is 12.3 Å². The maximum atomic E-state index is 12.4. The second-order valence-electron chi connectivity index (χ2n) is 5.64. The number of pyridine rings is 1. The number of carbonyl (C=O) groups excluding carboxylic acids is 1. The molecule has 2 heterocycles. The fourth-order valence-corrected chi connectivity index (χ4v) is 3.16. The molecule has 3 nitrogen and oxygen atoms in total. The van der Waals surface area contributed by atoms with Crippen LogP contribution in [-0.2, 0) is 4.74 Å². The minimum absolute atomic E-state index is 0.298. The maximum absolute atomic E-state index is 12.4. The monoisotopic (exact) mass is 315 g/mol. The van der Waals surface area contributed by atoms with Gasteiger partial charge in [-0.2, -0.15) is 0 Å². The van der Waals surface area contributed by atoms with Gasteiger partial charge in [-0.1, -0.05) is 48.5 Å². The molecule has 0 spiro atoms. The van der Waals surface area contributed by atoms with Gasteiger partial charge in [0.2, 0.25) is 0 Å². The Morgan fingerprint density at radius 1 is 0.917 bits per heavy atom. The maximum Gasteiger partial charge on any atom is 0.355 e. The number of benzene rings is 2. The molecule has 0 aliphatic heterocycles. The van der Waals surface area contributed by atoms with Gasteiger partial charge in [-0.25, -0.2) is 4.79 Å². The van der Waals surface area contributed by atoms with Gasteiger partial charge in [0.15, 0.2) is 0 Å². The normalized spacial score (nSPS) is 11.0. The van der Waals surface area contributed by atoms with E-state index in [0.717, 1.165) is 27.5 Å². The number of esters is 1. The highest BCUT2D eigenvalue weighted by Crippen LogP contribution is 2.31. The van der Waals surface area contributed by atoms with Crippen molar-refractivity contribution in [3.05, 3.63) is 78.5 Å². The average Bonchev–Trinajstić information content (AvgIpc) is 3.07. The van der Waals surface area contributed by atoms with Gasteiger partial charge in [0.25, 0.3) is 0 Å². The number of carbonyl (C=O) groups is 1. The highest BCUT2D eigenvalue weighted by molar-refractivity contribution is 5.98. The number of rotatable bonds is 3. The van der Waals surface area contributed by atoms with Gasteiger partial charge in [0, 0.05) is 5.56 Å². The third-order valence-electron chi connectivity index (χ3n) is 4.20. The average molecular weight is 315 g/mol. The van der Waals surface area contributed by atoms with E-state index in [4.69, 9.17) is 4.74 Å². The van der Waals surface area contributed by atoms with Crippen molar-refractivity contribution >= 4 is 22.4 Å². The van der Waals surface area contributed by atoms with E-state index >= 15 is 0 Å². The third-order valence-corrected chi connectivity index (χ3v) is 4.20. The van der Waals surface area contributed by atoms with Gasteiger partial charge in [-0.05, 0) is 42.1 Å². The molecule has 0 amide bonds. The number of hydrogen-bond donors (Lipinski definition) is 0. The summed E-state index contributed by atoms with van der Waals surface area (Å²) in [5, 5.41) is 1.09. The molecule has 24 heavy (non-hydrogen) atoms. The summed E-state index contributed by atoms with van der Waals surface area (Å²) in [5.41, 5.74) is 4.79. The summed E-state index contributed by atoms with van der Waals surface area (Å²) in [6.45, 7) is 2.18. The van der Waals surface area contributed by atoms with Crippen LogP contribution < -0.4 is 0 Å². The number of aromatic nitrogens is 1. The summed E-state index contributed by atoms with van der Waals surface area (Å²) in [7, 11) is 0. The minimum atomic E-state index is -0.298. The molecule has 0 fully saturated rings. The Kier molecular flexibility index (Phi) is 3.54. The van der Waals surface area contributed by atoms with Crippen molar-refractivity contribution in [1.82, 2.24) is 4.40 Å². The molecular weight excluding hydrogens is 298 g/mol. The first kappa shape index (κ1) is 14.5. The molecule has 0 saturated heterocycles. The van der Waals surface area contributed by atoms with Crippen LogP contribution in [0.4, 0.5) is 0 Å². The zero-order chi connectivity index (χ0) is 16.5. The number of hydrogen-bond acceptors (Lipinski definition) is 2. The molecule has 0 N–H and O–H groups in total. The fourth-order valence-electron chi connectivity index (χ4n) is 3.16. The molecule has 0 aliphatic rings. The molecule has 2 aromatic carbocycles. The van der Waals surface area contributed by atoms with Crippen LogP contribution in [0.3, 0.4) is 0 Å². The molecule has 4 aromatic rings. The molecule has 0 unspecified atom stereocenters. The summed E-state index contributed by atoms with van der Waals surface area (Å²) in [6, 6.07) is 24.3. The van der Waals surface area contributed by atoms with Crippen molar-refractivity contribution in [3.63, 3.8) is 0 Å². The number of nitrogens with zero attached hydrogens (tertiary/aromatic N) is 1. The van der Waals surface area contributed by atoms with Crippen LogP contribution in [0.5, 0.6) is 0 Å². The van der Waals surface area contributed by atoms with Crippen LogP contribution in [0.25, 0.3) is 27.5 Å². The standard InChI is InChI=1S/C21H17NO2/c1-2-24-21(23)20-13-12-19-17(15-8-4-3-5-9-15)14-16-10-6-7-11-18(16)22(19)20/h3-14H,2H2,1H3. The largest absolute Gasteiger partial charge is 0.461 e. The minimum Gasteiger partial charge on any atom is -0.461 e. The van der Waals surface area contributed by atoms with Gasteiger partial charge >= 0.3 is 5.97 Å². The zero-order valence-corrected chi connectivity index (χ0v) is 13.4. The fraction of sp³-hybridized carbons (Fsp3) is 0.0952. The molecular formula is C21H17NO2. The Morgan fingerprint density at radius 3 is 2.46 bits per heavy atom. The van der Waals surface area contributed by atoms with Crippen molar-refractivity contribution < 1.29 is 9.53 Å². The third kappa shape index (κ3) is 2.26. The van der Waals surface area contributed by atoms with E-state index in [1.54, 1.807) is 0 Å². The highest BCUT2D eigenvalue weighted by Gasteiger charge is 2.17. The van der Waals surface area contributed by atoms with Crippen LogP contribution in [0.1, 0.15) is 17.4 Å². The summed E-state index contributed by atoms with van der Waals surface area (Å²) >= 11 is 0. The molecule has 3 heteroatoms. The molecule has 0 saturated carbocycles. The summed E-state index contributed by atoms with van der Waals surface area (Å²) in [4.78, 5) is 12.4. The molecule has 4 rings (SSSR count). The summed E-state index contributed by atoms with van der Waals surface area (Å²) in [6.07, 6.45) is 0. The highest BCUT2D eigenvalue weighted by atomic mass is 16.5. The van der Waals surface area contributed by atoms with Crippen LogP contribution in [-0.4, -0.2) is 17.0 Å². The smallest absolute Gasteiger partial charge is 0.355 e. The van der Waals surface area contributed by atoms with Crippen LogP contribution in [0.2, 0.25) is 0 Å². The SMILES string of the molecule is CCOC(=O)c1ccc2c(-c3ccccc3)cc3ccccc3n12. The topological polar surface area (TPSA) is 30.7 Å². The number of fused-ring (bicyclic) bond motifs is 3. The van der Waals surface area contributed by atoms with E-state index in [1.807, 2.05) is 59.9 Å². The predicted molar refractivity (Wildman–Crippen MR) is 96.3 cm³/mol. The van der Waals surface area contributed by atoms with Crippen LogP contribution in [0.15, 0.2) is 72.8 Å². The lowest BCUT2D eigenvalue weighted by atomic mass is 10.0. The first-order valence-electron chi connectivity index (χ1n) is 8.05. The Morgan fingerprint density at radius 2 is 1.67 bits per heavy atom. The molecule has 2 aromatic heterocycles. The van der Waals surface area contributed by atoms with Crippen molar-refractivity contribution in [2.75, 3.05) is 6.61 Å². The number of ether oxygens (including phenoxy) is 1. The first-order chi connectivity index (χ1) is 11.8. The molecule has 0 bridgehead atoms. The number of para-hydroxylation sites is 1.